The fraction of sp³-hybridized carbons (Fsp3) is 0.455. The maximum absolute atomic E-state index is 13.2. The molecule has 0 saturated carbocycles. The quantitative estimate of drug-likeness (QED) is 0.610. The highest BCUT2D eigenvalue weighted by Crippen LogP contribution is 2.32. The molecule has 3 rings (SSSR count). The second-order valence-electron chi connectivity index (χ2n) is 7.29. The number of amides is 1. The lowest BCUT2D eigenvalue weighted by Gasteiger charge is -2.20. The van der Waals surface area contributed by atoms with Crippen LogP contribution in [0.2, 0.25) is 0 Å². The topological polar surface area (TPSA) is 50.8 Å². The summed E-state index contributed by atoms with van der Waals surface area (Å²) in [7, 11) is 0. The van der Waals surface area contributed by atoms with Crippen molar-refractivity contribution in [2.45, 2.75) is 54.4 Å². The molecule has 0 atom stereocenters. The highest BCUT2D eigenvalue weighted by atomic mass is 16.4. The van der Waals surface area contributed by atoms with E-state index in [0.29, 0.717) is 17.0 Å². The Kier molecular flexibility index (Phi) is 5.40. The third-order valence-corrected chi connectivity index (χ3v) is 4.94. The summed E-state index contributed by atoms with van der Waals surface area (Å²) >= 11 is 0. The van der Waals surface area contributed by atoms with E-state index in [1.807, 2.05) is 18.7 Å². The van der Waals surface area contributed by atoms with Gasteiger partial charge in [0.05, 0.1) is 5.69 Å². The molecule has 0 fully saturated rings. The summed E-state index contributed by atoms with van der Waals surface area (Å²) in [5.74, 6) is 0.781. The van der Waals surface area contributed by atoms with Crippen molar-refractivity contribution in [3.8, 4) is 11.3 Å². The average Bonchev–Trinajstić information content (AvgIpc) is 3.07. The second-order valence-corrected chi connectivity index (χ2v) is 7.29. The first-order valence-corrected chi connectivity index (χ1v) is 9.74. The second kappa shape index (κ2) is 7.59. The number of hydrogen-bond donors (Lipinski definition) is 0. The molecular weight excluding hydrogens is 338 g/mol. The van der Waals surface area contributed by atoms with E-state index in [9.17, 15) is 4.79 Å². The summed E-state index contributed by atoms with van der Waals surface area (Å²) in [6.45, 7) is 13.7. The number of hydrogen-bond acceptors (Lipinski definition) is 3. The van der Waals surface area contributed by atoms with Crippen molar-refractivity contribution in [2.24, 2.45) is 0 Å². The molecule has 27 heavy (non-hydrogen) atoms. The van der Waals surface area contributed by atoms with Crippen LogP contribution in [0, 0.1) is 27.7 Å². The molecule has 0 saturated heterocycles. The first-order chi connectivity index (χ1) is 12.9. The summed E-state index contributed by atoms with van der Waals surface area (Å²) in [6.07, 6.45) is 1.86. The van der Waals surface area contributed by atoms with E-state index < -0.39 is 0 Å². The molecule has 5 nitrogen and oxygen atoms in total. The van der Waals surface area contributed by atoms with E-state index in [2.05, 4.69) is 51.0 Å². The first kappa shape index (κ1) is 19.2. The first-order valence-electron chi connectivity index (χ1n) is 9.74. The zero-order valence-electron chi connectivity index (χ0n) is 17.2. The lowest BCUT2D eigenvalue weighted by Crippen LogP contribution is -2.32. The van der Waals surface area contributed by atoms with Gasteiger partial charge in [0.2, 0.25) is 5.71 Å². The van der Waals surface area contributed by atoms with Crippen molar-refractivity contribution >= 4 is 11.6 Å². The van der Waals surface area contributed by atoms with Gasteiger partial charge in [0.15, 0.2) is 0 Å². The Hall–Kier alpha value is -2.56. The Bertz CT molecular complexity index is 975. The van der Waals surface area contributed by atoms with Gasteiger partial charge < -0.3 is 9.32 Å². The van der Waals surface area contributed by atoms with Crippen LogP contribution in [-0.4, -0.2) is 33.5 Å². The van der Waals surface area contributed by atoms with Crippen LogP contribution in [0.1, 0.15) is 59.6 Å². The maximum Gasteiger partial charge on any atom is 0.261 e. The van der Waals surface area contributed by atoms with Gasteiger partial charge in [-0.15, -0.1) is 0 Å². The minimum absolute atomic E-state index is 0.00660. The average molecular weight is 367 g/mol. The SMILES string of the molecule is CCCN(CCC)C(=O)c1c(C)nn2c(-c3ccc(C)cc3C)c(C)oc12. The Labute approximate surface area is 161 Å². The van der Waals surface area contributed by atoms with Gasteiger partial charge in [0.1, 0.15) is 17.0 Å². The summed E-state index contributed by atoms with van der Waals surface area (Å²) in [6, 6.07) is 6.34. The molecule has 1 aromatic carbocycles. The summed E-state index contributed by atoms with van der Waals surface area (Å²) < 4.78 is 7.87. The number of aromatic nitrogens is 2. The number of carbonyl (C=O) groups excluding carboxylic acids is 1. The largest absolute Gasteiger partial charge is 0.440 e. The van der Waals surface area contributed by atoms with Gasteiger partial charge in [-0.2, -0.15) is 9.61 Å². The van der Waals surface area contributed by atoms with Gasteiger partial charge in [-0.25, -0.2) is 0 Å². The minimum Gasteiger partial charge on any atom is -0.440 e. The lowest BCUT2D eigenvalue weighted by molar-refractivity contribution is 0.0755. The molecule has 0 N–H and O–H groups in total. The van der Waals surface area contributed by atoms with E-state index in [0.717, 1.165) is 42.9 Å². The molecule has 0 aliphatic heterocycles. The molecule has 0 bridgehead atoms. The van der Waals surface area contributed by atoms with Gasteiger partial charge in [0, 0.05) is 18.7 Å². The number of benzene rings is 1. The Morgan fingerprint density at radius 1 is 1.11 bits per heavy atom. The van der Waals surface area contributed by atoms with Crippen LogP contribution < -0.4 is 0 Å². The molecule has 5 heteroatoms. The molecule has 0 radical (unpaired) electrons. The number of carbonyl (C=O) groups is 1. The van der Waals surface area contributed by atoms with Crippen molar-refractivity contribution < 1.29 is 9.21 Å². The van der Waals surface area contributed by atoms with E-state index >= 15 is 0 Å². The van der Waals surface area contributed by atoms with E-state index in [1.165, 1.54) is 11.1 Å². The van der Waals surface area contributed by atoms with Crippen LogP contribution >= 0.6 is 0 Å². The molecule has 0 unspecified atom stereocenters. The number of aryl methyl sites for hydroxylation is 4. The van der Waals surface area contributed by atoms with Crippen LogP contribution in [0.3, 0.4) is 0 Å². The Morgan fingerprint density at radius 2 is 1.78 bits per heavy atom. The highest BCUT2D eigenvalue weighted by Gasteiger charge is 2.27. The van der Waals surface area contributed by atoms with Gasteiger partial charge in [-0.1, -0.05) is 37.6 Å². The standard InChI is InChI=1S/C22H29N3O2/c1-7-11-24(12-8-2)21(26)19-16(5)23-25-20(17(6)27-22(19)25)18-10-9-14(3)13-15(18)4/h9-10,13H,7-8,11-12H2,1-6H3. The molecule has 144 valence electrons. The van der Waals surface area contributed by atoms with Crippen molar-refractivity contribution in [3.05, 3.63) is 46.3 Å². The molecule has 2 aromatic heterocycles. The molecule has 1 amide bonds. The van der Waals surface area contributed by atoms with Crippen LogP contribution in [0.15, 0.2) is 22.6 Å². The third-order valence-electron chi connectivity index (χ3n) is 4.94. The van der Waals surface area contributed by atoms with Crippen molar-refractivity contribution in [1.29, 1.82) is 0 Å². The van der Waals surface area contributed by atoms with Gasteiger partial charge in [-0.3, -0.25) is 4.79 Å². The number of oxazole rings is 1. The number of fused-ring (bicyclic) bond motifs is 1. The van der Waals surface area contributed by atoms with Gasteiger partial charge in [0.25, 0.3) is 5.91 Å². The van der Waals surface area contributed by atoms with Crippen LogP contribution in [0.25, 0.3) is 17.0 Å². The normalized spacial score (nSPS) is 11.3. The predicted molar refractivity (Wildman–Crippen MR) is 108 cm³/mol. The molecule has 3 aromatic rings. The van der Waals surface area contributed by atoms with Crippen LogP contribution in [0.4, 0.5) is 0 Å². The lowest BCUT2D eigenvalue weighted by atomic mass is 10.0. The Morgan fingerprint density at radius 3 is 2.37 bits per heavy atom. The third kappa shape index (κ3) is 3.38. The van der Waals surface area contributed by atoms with Crippen molar-refractivity contribution in [1.82, 2.24) is 14.5 Å². The highest BCUT2D eigenvalue weighted by molar-refractivity contribution is 6.01. The molecule has 0 aliphatic rings. The predicted octanol–water partition coefficient (Wildman–Crippen LogP) is 5.09. The maximum atomic E-state index is 13.2. The van der Waals surface area contributed by atoms with E-state index in [4.69, 9.17) is 4.42 Å². The monoisotopic (exact) mass is 367 g/mol. The summed E-state index contributed by atoms with van der Waals surface area (Å²) in [5.41, 5.74) is 6.22. The zero-order valence-corrected chi connectivity index (χ0v) is 17.2. The molecule has 0 spiro atoms. The summed E-state index contributed by atoms with van der Waals surface area (Å²) in [5, 5.41) is 4.67. The van der Waals surface area contributed by atoms with Gasteiger partial charge >= 0.3 is 0 Å². The minimum atomic E-state index is 0.00660. The van der Waals surface area contributed by atoms with Crippen molar-refractivity contribution in [3.63, 3.8) is 0 Å². The van der Waals surface area contributed by atoms with Crippen LogP contribution in [-0.2, 0) is 0 Å². The number of nitrogens with zero attached hydrogens (tertiary/aromatic N) is 3. The molecular formula is C22H29N3O2. The zero-order chi connectivity index (χ0) is 19.7. The Balaban J connectivity index is 2.15. The van der Waals surface area contributed by atoms with Crippen molar-refractivity contribution in [2.75, 3.05) is 13.1 Å². The van der Waals surface area contributed by atoms with E-state index in [-0.39, 0.29) is 5.91 Å². The molecule has 0 aliphatic carbocycles. The van der Waals surface area contributed by atoms with Crippen LogP contribution in [0.5, 0.6) is 0 Å². The molecule has 2 heterocycles. The smallest absolute Gasteiger partial charge is 0.261 e. The fourth-order valence-corrected chi connectivity index (χ4v) is 3.74. The number of rotatable bonds is 6. The summed E-state index contributed by atoms with van der Waals surface area (Å²) in [4.78, 5) is 15.1. The van der Waals surface area contributed by atoms with Gasteiger partial charge in [-0.05, 0) is 46.1 Å². The van der Waals surface area contributed by atoms with E-state index in [1.54, 1.807) is 4.52 Å². The fourth-order valence-electron chi connectivity index (χ4n) is 3.74.